The van der Waals surface area contributed by atoms with Crippen molar-refractivity contribution < 1.29 is 9.90 Å². The molecule has 0 heterocycles. The molecule has 0 unspecified atom stereocenters. The van der Waals surface area contributed by atoms with E-state index in [1.165, 1.54) is 6.42 Å². The molecule has 0 spiro atoms. The minimum atomic E-state index is -0.115. The Hall–Kier alpha value is -1.26. The van der Waals surface area contributed by atoms with E-state index in [4.69, 9.17) is 17.3 Å². The molecule has 0 saturated heterocycles. The predicted octanol–water partition coefficient (Wildman–Crippen LogP) is 2.69. The molecule has 1 aromatic carbocycles. The van der Waals surface area contributed by atoms with Gasteiger partial charge in [0.05, 0.1) is 17.2 Å². The summed E-state index contributed by atoms with van der Waals surface area (Å²) in [4.78, 5) is 14.4. The maximum atomic E-state index is 12.7. The first-order valence-corrected chi connectivity index (χ1v) is 7.48. The number of anilines is 1. The lowest BCUT2D eigenvalue weighted by atomic mass is 9.93. The summed E-state index contributed by atoms with van der Waals surface area (Å²) in [6.45, 7) is 0.318. The van der Waals surface area contributed by atoms with Crippen LogP contribution in [0.4, 0.5) is 5.69 Å². The molecule has 2 rings (SSSR count). The number of nitrogens with zero attached hydrogens (tertiary/aromatic N) is 1. The van der Waals surface area contributed by atoms with E-state index in [2.05, 4.69) is 0 Å². The zero-order valence-corrected chi connectivity index (χ0v) is 12.3. The largest absolute Gasteiger partial charge is 0.399 e. The minimum absolute atomic E-state index is 0.0329. The first-order chi connectivity index (χ1) is 9.63. The normalized spacial score (nSPS) is 16.1. The Morgan fingerprint density at radius 2 is 2.05 bits per heavy atom. The molecule has 1 fully saturated rings. The third kappa shape index (κ3) is 3.44. The summed E-state index contributed by atoms with van der Waals surface area (Å²) >= 11 is 6.12. The predicted molar refractivity (Wildman–Crippen MR) is 80.9 cm³/mol. The van der Waals surface area contributed by atoms with Crippen molar-refractivity contribution in [1.82, 2.24) is 4.90 Å². The molecule has 1 amide bonds. The summed E-state index contributed by atoms with van der Waals surface area (Å²) < 4.78 is 0. The summed E-state index contributed by atoms with van der Waals surface area (Å²) in [6.07, 6.45) is 5.49. The van der Waals surface area contributed by atoms with Gasteiger partial charge in [-0.15, -0.1) is 0 Å². The highest BCUT2D eigenvalue weighted by Crippen LogP contribution is 2.26. The van der Waals surface area contributed by atoms with Crippen LogP contribution in [0.2, 0.25) is 5.02 Å². The Morgan fingerprint density at radius 1 is 1.35 bits per heavy atom. The standard InChI is InChI=1S/C15H21ClN2O2/c16-14-10-11(17)6-7-13(14)15(20)18(8-9-19)12-4-2-1-3-5-12/h6-7,10,12,19H,1-5,8-9,17H2. The number of hydrogen-bond donors (Lipinski definition) is 2. The van der Waals surface area contributed by atoms with Crippen molar-refractivity contribution >= 4 is 23.2 Å². The second-order valence-corrected chi connectivity index (χ2v) is 5.66. The maximum Gasteiger partial charge on any atom is 0.255 e. The molecule has 1 saturated carbocycles. The van der Waals surface area contributed by atoms with Gasteiger partial charge in [0.2, 0.25) is 0 Å². The van der Waals surface area contributed by atoms with Crippen LogP contribution in [0.15, 0.2) is 18.2 Å². The van der Waals surface area contributed by atoms with Crippen LogP contribution < -0.4 is 5.73 Å². The SMILES string of the molecule is Nc1ccc(C(=O)N(CCO)C2CCCCC2)c(Cl)c1. The van der Waals surface area contributed by atoms with Crippen LogP contribution in [0.25, 0.3) is 0 Å². The molecular weight excluding hydrogens is 276 g/mol. The lowest BCUT2D eigenvalue weighted by molar-refractivity contribution is 0.0585. The number of carbonyl (C=O) groups excluding carboxylic acids is 1. The van der Waals surface area contributed by atoms with E-state index in [9.17, 15) is 9.90 Å². The van der Waals surface area contributed by atoms with Gasteiger partial charge in [-0.2, -0.15) is 0 Å². The monoisotopic (exact) mass is 296 g/mol. The van der Waals surface area contributed by atoms with Crippen molar-refractivity contribution in [2.45, 2.75) is 38.1 Å². The Morgan fingerprint density at radius 3 is 2.65 bits per heavy atom. The quantitative estimate of drug-likeness (QED) is 0.840. The van der Waals surface area contributed by atoms with Gasteiger partial charge in [0, 0.05) is 18.3 Å². The van der Waals surface area contributed by atoms with E-state index < -0.39 is 0 Å². The van der Waals surface area contributed by atoms with Gasteiger partial charge in [0.1, 0.15) is 0 Å². The highest BCUT2D eigenvalue weighted by atomic mass is 35.5. The zero-order chi connectivity index (χ0) is 14.5. The smallest absolute Gasteiger partial charge is 0.255 e. The highest BCUT2D eigenvalue weighted by Gasteiger charge is 2.26. The highest BCUT2D eigenvalue weighted by molar-refractivity contribution is 6.34. The third-order valence-electron chi connectivity index (χ3n) is 3.84. The number of nitrogen functional groups attached to an aromatic ring is 1. The fourth-order valence-corrected chi connectivity index (χ4v) is 3.08. The fraction of sp³-hybridized carbons (Fsp3) is 0.533. The summed E-state index contributed by atoms with van der Waals surface area (Å²) in [6, 6.07) is 5.13. The average Bonchev–Trinajstić information content (AvgIpc) is 2.45. The molecule has 1 aliphatic rings. The second kappa shape index (κ2) is 6.95. The van der Waals surface area contributed by atoms with Gasteiger partial charge in [-0.1, -0.05) is 30.9 Å². The summed E-state index contributed by atoms with van der Waals surface area (Å²) in [7, 11) is 0. The Kier molecular flexibility index (Phi) is 5.26. The molecule has 20 heavy (non-hydrogen) atoms. The van der Waals surface area contributed by atoms with Crippen molar-refractivity contribution in [2.75, 3.05) is 18.9 Å². The van der Waals surface area contributed by atoms with Gasteiger partial charge in [0.15, 0.2) is 0 Å². The molecule has 0 aromatic heterocycles. The van der Waals surface area contributed by atoms with Gasteiger partial charge < -0.3 is 15.7 Å². The van der Waals surface area contributed by atoms with Crippen molar-refractivity contribution in [3.63, 3.8) is 0 Å². The van der Waals surface area contributed by atoms with Crippen molar-refractivity contribution in [1.29, 1.82) is 0 Å². The lowest BCUT2D eigenvalue weighted by Crippen LogP contribution is -2.43. The Balaban J connectivity index is 2.21. The van der Waals surface area contributed by atoms with Crippen molar-refractivity contribution in [3.05, 3.63) is 28.8 Å². The van der Waals surface area contributed by atoms with Crippen LogP contribution in [-0.2, 0) is 0 Å². The third-order valence-corrected chi connectivity index (χ3v) is 4.15. The second-order valence-electron chi connectivity index (χ2n) is 5.25. The van der Waals surface area contributed by atoms with E-state index in [0.717, 1.165) is 25.7 Å². The molecule has 0 aliphatic heterocycles. The van der Waals surface area contributed by atoms with Gasteiger partial charge in [-0.25, -0.2) is 0 Å². The van der Waals surface area contributed by atoms with E-state index in [1.54, 1.807) is 23.1 Å². The molecule has 0 atom stereocenters. The van der Waals surface area contributed by atoms with E-state index in [1.807, 2.05) is 0 Å². The Bertz CT molecular complexity index is 473. The van der Waals surface area contributed by atoms with Crippen LogP contribution in [0.1, 0.15) is 42.5 Å². The fourth-order valence-electron chi connectivity index (χ4n) is 2.81. The number of amides is 1. The molecule has 1 aromatic rings. The molecule has 5 heteroatoms. The van der Waals surface area contributed by atoms with Crippen LogP contribution in [-0.4, -0.2) is 35.1 Å². The van der Waals surface area contributed by atoms with Crippen LogP contribution in [0.3, 0.4) is 0 Å². The van der Waals surface area contributed by atoms with Crippen molar-refractivity contribution in [3.8, 4) is 0 Å². The van der Waals surface area contributed by atoms with E-state index in [0.29, 0.717) is 22.8 Å². The van der Waals surface area contributed by atoms with Crippen LogP contribution in [0.5, 0.6) is 0 Å². The number of aliphatic hydroxyl groups excluding tert-OH is 1. The number of carbonyl (C=O) groups is 1. The van der Waals surface area contributed by atoms with E-state index >= 15 is 0 Å². The number of nitrogens with two attached hydrogens (primary N) is 1. The first kappa shape index (κ1) is 15.1. The molecule has 4 nitrogen and oxygen atoms in total. The van der Waals surface area contributed by atoms with Crippen LogP contribution in [0, 0.1) is 0 Å². The number of halogens is 1. The van der Waals surface area contributed by atoms with Crippen molar-refractivity contribution in [2.24, 2.45) is 0 Å². The summed E-state index contributed by atoms with van der Waals surface area (Å²) in [5.41, 5.74) is 6.65. The Labute approximate surface area is 124 Å². The number of benzene rings is 1. The average molecular weight is 297 g/mol. The molecule has 0 bridgehead atoms. The van der Waals surface area contributed by atoms with Gasteiger partial charge >= 0.3 is 0 Å². The lowest BCUT2D eigenvalue weighted by Gasteiger charge is -2.34. The number of aliphatic hydroxyl groups is 1. The molecule has 0 radical (unpaired) electrons. The number of rotatable bonds is 4. The molecule has 3 N–H and O–H groups in total. The van der Waals surface area contributed by atoms with Gasteiger partial charge in [-0.3, -0.25) is 4.79 Å². The molecular formula is C15H21ClN2O2. The van der Waals surface area contributed by atoms with Gasteiger partial charge in [0.25, 0.3) is 5.91 Å². The number of hydrogen-bond acceptors (Lipinski definition) is 3. The molecule has 1 aliphatic carbocycles. The maximum absolute atomic E-state index is 12.7. The summed E-state index contributed by atoms with van der Waals surface area (Å²) in [5, 5.41) is 9.60. The minimum Gasteiger partial charge on any atom is -0.399 e. The van der Waals surface area contributed by atoms with Crippen LogP contribution >= 0.6 is 11.6 Å². The first-order valence-electron chi connectivity index (χ1n) is 7.10. The molecule has 110 valence electrons. The zero-order valence-electron chi connectivity index (χ0n) is 11.5. The topological polar surface area (TPSA) is 66.6 Å². The summed E-state index contributed by atoms with van der Waals surface area (Å²) in [5.74, 6) is -0.115. The van der Waals surface area contributed by atoms with E-state index in [-0.39, 0.29) is 18.6 Å². The van der Waals surface area contributed by atoms with Gasteiger partial charge in [-0.05, 0) is 31.0 Å².